The zero-order valence-corrected chi connectivity index (χ0v) is 25.1. The van der Waals surface area contributed by atoms with Crippen LogP contribution in [0.5, 0.6) is 0 Å². The molecule has 2 aromatic heterocycles. The molecule has 3 heterocycles. The lowest BCUT2D eigenvalue weighted by Crippen LogP contribution is -2.43. The maximum absolute atomic E-state index is 13.2. The van der Waals surface area contributed by atoms with Crippen molar-refractivity contribution in [3.63, 3.8) is 0 Å². The summed E-state index contributed by atoms with van der Waals surface area (Å²) in [6, 6.07) is 0. The van der Waals surface area contributed by atoms with Crippen LogP contribution in [0.25, 0.3) is 11.2 Å². The van der Waals surface area contributed by atoms with Crippen LogP contribution in [0, 0.1) is 5.92 Å². The van der Waals surface area contributed by atoms with Gasteiger partial charge in [0.15, 0.2) is 11.2 Å². The second-order valence-corrected chi connectivity index (χ2v) is 11.8. The Balaban J connectivity index is 1.31. The van der Waals surface area contributed by atoms with Gasteiger partial charge in [0.25, 0.3) is 5.56 Å². The van der Waals surface area contributed by atoms with Gasteiger partial charge in [-0.3, -0.25) is 19.2 Å². The van der Waals surface area contributed by atoms with E-state index in [1.165, 1.54) is 112 Å². The maximum Gasteiger partial charge on any atom is 0.332 e. The Morgan fingerprint density at radius 3 is 1.92 bits per heavy atom. The highest BCUT2D eigenvalue weighted by atomic mass is 16.5. The van der Waals surface area contributed by atoms with Crippen LogP contribution in [0.15, 0.2) is 15.9 Å². The molecule has 3 rings (SSSR count). The van der Waals surface area contributed by atoms with E-state index >= 15 is 0 Å². The quantitative estimate of drug-likeness (QED) is 0.193. The van der Waals surface area contributed by atoms with E-state index in [1.807, 2.05) is 0 Å². The van der Waals surface area contributed by atoms with E-state index < -0.39 is 0 Å². The summed E-state index contributed by atoms with van der Waals surface area (Å²) in [5.41, 5.74) is 0.349. The highest BCUT2D eigenvalue weighted by Gasteiger charge is 2.28. The van der Waals surface area contributed by atoms with E-state index in [4.69, 9.17) is 4.74 Å². The number of hydrogen-bond acceptors (Lipinski definition) is 5. The predicted molar refractivity (Wildman–Crippen MR) is 160 cm³/mol. The third kappa shape index (κ3) is 9.89. The number of nitrogens with one attached hydrogen (secondary N) is 1. The van der Waals surface area contributed by atoms with Gasteiger partial charge in [0.2, 0.25) is 0 Å². The monoisotopic (exact) mass is 545 g/mol. The number of unbranched alkanes of at least 4 members (excludes halogenated alkanes) is 16. The minimum absolute atomic E-state index is 0.0323. The van der Waals surface area contributed by atoms with Crippen LogP contribution in [-0.4, -0.2) is 38.1 Å². The van der Waals surface area contributed by atoms with Gasteiger partial charge in [-0.05, 0) is 6.42 Å². The van der Waals surface area contributed by atoms with Gasteiger partial charge >= 0.3 is 5.69 Å². The van der Waals surface area contributed by atoms with Crippen molar-refractivity contribution in [2.75, 3.05) is 13.3 Å². The first-order valence-electron chi connectivity index (χ1n) is 16.0. The summed E-state index contributed by atoms with van der Waals surface area (Å²) in [6.45, 7) is 3.98. The Kier molecular flexibility index (Phi) is 14.3. The third-order valence-corrected chi connectivity index (χ3v) is 8.57. The van der Waals surface area contributed by atoms with Crippen LogP contribution in [0.3, 0.4) is 0 Å². The molecule has 2 atom stereocenters. The number of nitrogens with zero attached hydrogens (tertiary/aromatic N) is 4. The summed E-state index contributed by atoms with van der Waals surface area (Å²) < 4.78 is 10.5. The Morgan fingerprint density at radius 1 is 0.872 bits per heavy atom. The van der Waals surface area contributed by atoms with Crippen LogP contribution >= 0.6 is 0 Å². The number of aromatic nitrogens is 4. The predicted octanol–water partition coefficient (Wildman–Crippen LogP) is 6.04. The number of ether oxygens (including phenoxy) is 1. The normalized spacial score (nSPS) is 16.4. The van der Waals surface area contributed by atoms with Crippen molar-refractivity contribution in [2.45, 2.75) is 135 Å². The largest absolute Gasteiger partial charge is 0.361 e. The fourth-order valence-electron chi connectivity index (χ4n) is 6.05. The molecule has 0 bridgehead atoms. The van der Waals surface area contributed by atoms with Crippen LogP contribution in [0.4, 0.5) is 0 Å². The molecule has 222 valence electrons. The Morgan fingerprint density at radius 2 is 1.41 bits per heavy atom. The molecule has 8 nitrogen and oxygen atoms in total. The van der Waals surface area contributed by atoms with Crippen molar-refractivity contribution < 1.29 is 4.74 Å². The molecule has 0 amide bonds. The molecule has 0 aromatic carbocycles. The van der Waals surface area contributed by atoms with Gasteiger partial charge < -0.3 is 9.30 Å². The lowest BCUT2D eigenvalue weighted by molar-refractivity contribution is 0.0548. The van der Waals surface area contributed by atoms with Crippen LogP contribution in [0.1, 0.15) is 122 Å². The molecule has 1 fully saturated rings. The molecular weight excluding hydrogens is 490 g/mol. The summed E-state index contributed by atoms with van der Waals surface area (Å²) in [4.78, 5) is 30.5. The zero-order valence-electron chi connectivity index (χ0n) is 25.1. The zero-order chi connectivity index (χ0) is 27.9. The highest BCUT2D eigenvalue weighted by Crippen LogP contribution is 2.21. The van der Waals surface area contributed by atoms with E-state index in [0.717, 1.165) is 19.4 Å². The molecule has 1 aliphatic rings. The van der Waals surface area contributed by atoms with Gasteiger partial charge in [-0.15, -0.1) is 0 Å². The van der Waals surface area contributed by atoms with Gasteiger partial charge in [0.1, 0.15) is 0 Å². The first-order valence-corrected chi connectivity index (χ1v) is 16.0. The van der Waals surface area contributed by atoms with Gasteiger partial charge in [-0.25, -0.2) is 9.78 Å². The molecule has 0 radical (unpaired) electrons. The summed E-state index contributed by atoms with van der Waals surface area (Å²) >= 11 is 0. The number of imidazole rings is 1. The SMILES string of the molecule is CCCCCCCCCCCCCCCCCCCC(Cn1c(=O)c2c(ncn2C)n(C)c1=O)C1CNCO1. The molecule has 1 aliphatic heterocycles. The first-order chi connectivity index (χ1) is 19.0. The standard InChI is InChI=1S/C31H55N5O3/c1-4-5-6-7-8-9-10-11-12-13-14-15-16-17-18-19-20-21-26(27-22-32-25-39-27)23-36-30(37)28-29(33-24-34(28)2)35(3)31(36)38/h24,26-27,32H,4-23,25H2,1-3H3. The molecule has 8 heteroatoms. The van der Waals surface area contributed by atoms with Crippen LogP contribution in [0.2, 0.25) is 0 Å². The molecule has 0 aliphatic carbocycles. The molecular formula is C31H55N5O3. The van der Waals surface area contributed by atoms with Crippen molar-refractivity contribution in [1.82, 2.24) is 24.0 Å². The summed E-state index contributed by atoms with van der Waals surface area (Å²) in [5, 5.41) is 3.27. The number of fused-ring (bicyclic) bond motifs is 1. The molecule has 2 unspecified atom stereocenters. The molecule has 1 N–H and O–H groups in total. The minimum Gasteiger partial charge on any atom is -0.361 e. The van der Waals surface area contributed by atoms with Gasteiger partial charge in [-0.2, -0.15) is 0 Å². The van der Waals surface area contributed by atoms with Crippen LogP contribution < -0.4 is 16.6 Å². The topological polar surface area (TPSA) is 83.1 Å². The van der Waals surface area contributed by atoms with E-state index in [9.17, 15) is 9.59 Å². The lowest BCUT2D eigenvalue weighted by atomic mass is 9.94. The fourth-order valence-corrected chi connectivity index (χ4v) is 6.05. The number of hydrogen-bond donors (Lipinski definition) is 1. The first kappa shape index (κ1) is 31.6. The van der Waals surface area contributed by atoms with Crippen LogP contribution in [-0.2, 0) is 25.4 Å². The Bertz CT molecular complexity index is 1070. The van der Waals surface area contributed by atoms with Crippen molar-refractivity contribution in [3.05, 3.63) is 27.2 Å². The van der Waals surface area contributed by atoms with Crippen molar-refractivity contribution in [3.8, 4) is 0 Å². The number of rotatable bonds is 21. The summed E-state index contributed by atoms with van der Waals surface area (Å²) in [6.07, 6.45) is 25.7. The second kappa shape index (κ2) is 17.7. The molecule has 0 saturated carbocycles. The van der Waals surface area contributed by atoms with E-state index in [-0.39, 0.29) is 23.3 Å². The molecule has 1 saturated heterocycles. The van der Waals surface area contributed by atoms with E-state index in [0.29, 0.717) is 24.4 Å². The second-order valence-electron chi connectivity index (χ2n) is 11.8. The summed E-state index contributed by atoms with van der Waals surface area (Å²) in [7, 11) is 3.48. The van der Waals surface area contributed by atoms with Crippen molar-refractivity contribution in [2.24, 2.45) is 20.0 Å². The summed E-state index contributed by atoms with van der Waals surface area (Å²) in [5.74, 6) is 0.132. The molecule has 39 heavy (non-hydrogen) atoms. The average Bonchev–Trinajstić information content (AvgIpc) is 3.61. The van der Waals surface area contributed by atoms with Gasteiger partial charge in [0.05, 0.1) is 19.2 Å². The Hall–Kier alpha value is -1.93. The third-order valence-electron chi connectivity index (χ3n) is 8.57. The van der Waals surface area contributed by atoms with E-state index in [2.05, 4.69) is 17.2 Å². The number of aryl methyl sites for hydroxylation is 2. The lowest BCUT2D eigenvalue weighted by Gasteiger charge is -2.23. The maximum atomic E-state index is 13.2. The van der Waals surface area contributed by atoms with Crippen molar-refractivity contribution >= 4 is 11.2 Å². The Labute approximate surface area is 235 Å². The van der Waals surface area contributed by atoms with Crippen molar-refractivity contribution in [1.29, 1.82) is 0 Å². The van der Waals surface area contributed by atoms with E-state index in [1.54, 1.807) is 25.0 Å². The molecule has 0 spiro atoms. The van der Waals surface area contributed by atoms with Gasteiger partial charge in [-0.1, -0.05) is 116 Å². The minimum atomic E-state index is -0.301. The highest BCUT2D eigenvalue weighted by molar-refractivity contribution is 5.69. The fraction of sp³-hybridized carbons (Fsp3) is 0.839. The smallest absolute Gasteiger partial charge is 0.332 e. The average molecular weight is 546 g/mol. The molecule has 2 aromatic rings. The van der Waals surface area contributed by atoms with Gasteiger partial charge in [0, 0.05) is 33.1 Å².